The molecule has 2 rings (SSSR count). The van der Waals surface area contributed by atoms with Gasteiger partial charge >= 0.3 is 0 Å². The second-order valence-corrected chi connectivity index (χ2v) is 4.55. The average molecular weight is 221 g/mol. The van der Waals surface area contributed by atoms with Crippen molar-refractivity contribution in [2.45, 2.75) is 26.8 Å². The van der Waals surface area contributed by atoms with Crippen molar-refractivity contribution >= 4 is 5.78 Å². The van der Waals surface area contributed by atoms with Crippen molar-refractivity contribution in [3.8, 4) is 0 Å². The van der Waals surface area contributed by atoms with Crippen molar-refractivity contribution in [1.82, 2.24) is 15.1 Å². The minimum Gasteiger partial charge on any atom is -0.316 e. The Labute approximate surface area is 96.0 Å². The minimum absolute atomic E-state index is 0.172. The van der Waals surface area contributed by atoms with Crippen LogP contribution in [0.3, 0.4) is 0 Å². The Kier molecular flexibility index (Phi) is 3.39. The van der Waals surface area contributed by atoms with Crippen LogP contribution >= 0.6 is 0 Å². The third kappa shape index (κ3) is 2.32. The fourth-order valence-electron chi connectivity index (χ4n) is 1.96. The SMILES string of the molecule is CCn1cc(CC(=O)C(C)C2CNC2)cn1. The number of nitrogens with zero attached hydrogens (tertiary/aromatic N) is 2. The zero-order chi connectivity index (χ0) is 11.5. The summed E-state index contributed by atoms with van der Waals surface area (Å²) in [6.45, 7) is 6.91. The molecule has 1 aliphatic heterocycles. The first-order valence-corrected chi connectivity index (χ1v) is 5.95. The van der Waals surface area contributed by atoms with Crippen LogP contribution in [0.4, 0.5) is 0 Å². The summed E-state index contributed by atoms with van der Waals surface area (Å²) in [5, 5.41) is 7.38. The first-order chi connectivity index (χ1) is 7.70. The molecule has 16 heavy (non-hydrogen) atoms. The Morgan fingerprint density at radius 3 is 2.94 bits per heavy atom. The van der Waals surface area contributed by atoms with Gasteiger partial charge in [-0.3, -0.25) is 9.48 Å². The van der Waals surface area contributed by atoms with Crippen molar-refractivity contribution in [1.29, 1.82) is 0 Å². The van der Waals surface area contributed by atoms with E-state index in [-0.39, 0.29) is 5.92 Å². The molecule has 88 valence electrons. The van der Waals surface area contributed by atoms with Crippen molar-refractivity contribution < 1.29 is 4.79 Å². The summed E-state index contributed by atoms with van der Waals surface area (Å²) in [7, 11) is 0. The lowest BCUT2D eigenvalue weighted by molar-refractivity contribution is -0.123. The maximum absolute atomic E-state index is 12.0. The molecule has 0 radical (unpaired) electrons. The lowest BCUT2D eigenvalue weighted by atomic mass is 9.84. The van der Waals surface area contributed by atoms with E-state index in [0.717, 1.165) is 25.2 Å². The second-order valence-electron chi connectivity index (χ2n) is 4.55. The number of hydrogen-bond acceptors (Lipinski definition) is 3. The van der Waals surface area contributed by atoms with Crippen LogP contribution in [0.5, 0.6) is 0 Å². The summed E-state index contributed by atoms with van der Waals surface area (Å²) in [5.41, 5.74) is 1.03. The molecule has 1 aliphatic rings. The van der Waals surface area contributed by atoms with E-state index in [1.165, 1.54) is 0 Å². The third-order valence-electron chi connectivity index (χ3n) is 3.42. The van der Waals surface area contributed by atoms with Gasteiger partial charge in [-0.1, -0.05) is 6.92 Å². The van der Waals surface area contributed by atoms with Crippen LogP contribution in [-0.2, 0) is 17.8 Å². The Bertz CT molecular complexity index is 368. The molecule has 0 bridgehead atoms. The van der Waals surface area contributed by atoms with E-state index in [1.54, 1.807) is 6.20 Å². The molecule has 0 amide bonds. The van der Waals surface area contributed by atoms with Crippen LogP contribution < -0.4 is 5.32 Å². The number of ketones is 1. The second kappa shape index (κ2) is 4.78. The third-order valence-corrected chi connectivity index (χ3v) is 3.42. The maximum atomic E-state index is 12.0. The molecule has 1 aromatic rings. The van der Waals surface area contributed by atoms with Gasteiger partial charge in [0, 0.05) is 25.1 Å². The summed E-state index contributed by atoms with van der Waals surface area (Å²) in [4.78, 5) is 12.0. The van der Waals surface area contributed by atoms with E-state index < -0.39 is 0 Å². The Balaban J connectivity index is 1.90. The van der Waals surface area contributed by atoms with Gasteiger partial charge < -0.3 is 5.32 Å². The largest absolute Gasteiger partial charge is 0.316 e. The number of carbonyl (C=O) groups is 1. The van der Waals surface area contributed by atoms with Crippen LogP contribution in [0.25, 0.3) is 0 Å². The van der Waals surface area contributed by atoms with E-state index in [0.29, 0.717) is 18.1 Å². The highest BCUT2D eigenvalue weighted by molar-refractivity contribution is 5.83. The Morgan fingerprint density at radius 2 is 2.44 bits per heavy atom. The minimum atomic E-state index is 0.172. The van der Waals surface area contributed by atoms with E-state index in [4.69, 9.17) is 0 Å². The highest BCUT2D eigenvalue weighted by Gasteiger charge is 2.28. The van der Waals surface area contributed by atoms with Crippen LogP contribution in [0, 0.1) is 11.8 Å². The molecule has 4 heteroatoms. The molecular weight excluding hydrogens is 202 g/mol. The van der Waals surface area contributed by atoms with E-state index in [2.05, 4.69) is 10.4 Å². The molecule has 4 nitrogen and oxygen atoms in total. The number of carbonyl (C=O) groups excluding carboxylic acids is 1. The van der Waals surface area contributed by atoms with Crippen LogP contribution in [0.15, 0.2) is 12.4 Å². The van der Waals surface area contributed by atoms with Gasteiger partial charge in [0.05, 0.1) is 6.20 Å². The van der Waals surface area contributed by atoms with Crippen LogP contribution in [-0.4, -0.2) is 28.7 Å². The molecule has 0 spiro atoms. The molecule has 0 aliphatic carbocycles. The van der Waals surface area contributed by atoms with Gasteiger partial charge in [-0.05, 0) is 31.5 Å². The molecular formula is C12H19N3O. The molecule has 1 atom stereocenters. The Morgan fingerprint density at radius 1 is 1.69 bits per heavy atom. The predicted molar refractivity (Wildman–Crippen MR) is 62.1 cm³/mol. The quantitative estimate of drug-likeness (QED) is 0.802. The highest BCUT2D eigenvalue weighted by atomic mass is 16.1. The van der Waals surface area contributed by atoms with E-state index >= 15 is 0 Å². The normalized spacial score (nSPS) is 18.1. The van der Waals surface area contributed by atoms with Gasteiger partial charge in [0.1, 0.15) is 5.78 Å². The van der Waals surface area contributed by atoms with Gasteiger partial charge in [-0.15, -0.1) is 0 Å². The molecule has 1 N–H and O–H groups in total. The zero-order valence-corrected chi connectivity index (χ0v) is 9.94. The number of Topliss-reactive ketones (excluding diaryl/α,β-unsaturated/α-hetero) is 1. The molecule has 1 aromatic heterocycles. The number of aryl methyl sites for hydroxylation is 1. The lowest BCUT2D eigenvalue weighted by Gasteiger charge is -2.31. The monoisotopic (exact) mass is 221 g/mol. The van der Waals surface area contributed by atoms with Crippen molar-refractivity contribution in [3.05, 3.63) is 18.0 Å². The standard InChI is InChI=1S/C12H19N3O/c1-3-15-8-10(5-14-15)4-12(16)9(2)11-6-13-7-11/h5,8-9,11,13H,3-4,6-7H2,1-2H3. The van der Waals surface area contributed by atoms with E-state index in [9.17, 15) is 4.79 Å². The number of rotatable bonds is 5. The molecule has 1 saturated heterocycles. The van der Waals surface area contributed by atoms with Gasteiger partial charge in [-0.25, -0.2) is 0 Å². The number of hydrogen-bond donors (Lipinski definition) is 1. The highest BCUT2D eigenvalue weighted by Crippen LogP contribution is 2.18. The van der Waals surface area contributed by atoms with E-state index in [1.807, 2.05) is 24.7 Å². The average Bonchev–Trinajstić information content (AvgIpc) is 2.62. The lowest BCUT2D eigenvalue weighted by Crippen LogP contribution is -2.47. The topological polar surface area (TPSA) is 46.9 Å². The van der Waals surface area contributed by atoms with Crippen molar-refractivity contribution in [3.63, 3.8) is 0 Å². The van der Waals surface area contributed by atoms with Crippen molar-refractivity contribution in [2.24, 2.45) is 11.8 Å². The maximum Gasteiger partial charge on any atom is 0.140 e. The first-order valence-electron chi connectivity index (χ1n) is 5.95. The molecule has 2 heterocycles. The summed E-state index contributed by atoms with van der Waals surface area (Å²) >= 11 is 0. The first kappa shape index (κ1) is 11.3. The molecule has 1 fully saturated rings. The van der Waals surface area contributed by atoms with Gasteiger partial charge in [0.15, 0.2) is 0 Å². The molecule has 1 unspecified atom stereocenters. The summed E-state index contributed by atoms with van der Waals surface area (Å²) < 4.78 is 1.86. The zero-order valence-electron chi connectivity index (χ0n) is 9.94. The fourth-order valence-corrected chi connectivity index (χ4v) is 1.96. The fraction of sp³-hybridized carbons (Fsp3) is 0.667. The molecule has 0 saturated carbocycles. The summed E-state index contributed by atoms with van der Waals surface area (Å²) in [6, 6.07) is 0. The Hall–Kier alpha value is -1.16. The smallest absolute Gasteiger partial charge is 0.140 e. The number of nitrogens with one attached hydrogen (secondary N) is 1. The van der Waals surface area contributed by atoms with Gasteiger partial charge in [0.25, 0.3) is 0 Å². The van der Waals surface area contributed by atoms with Gasteiger partial charge in [0.2, 0.25) is 0 Å². The number of aromatic nitrogens is 2. The van der Waals surface area contributed by atoms with Crippen LogP contribution in [0.2, 0.25) is 0 Å². The predicted octanol–water partition coefficient (Wildman–Crippen LogP) is 0.870. The molecule has 0 aromatic carbocycles. The summed E-state index contributed by atoms with van der Waals surface area (Å²) in [5.74, 6) is 1.04. The summed E-state index contributed by atoms with van der Waals surface area (Å²) in [6.07, 6.45) is 4.29. The van der Waals surface area contributed by atoms with Gasteiger partial charge in [-0.2, -0.15) is 5.10 Å². The van der Waals surface area contributed by atoms with Crippen molar-refractivity contribution in [2.75, 3.05) is 13.1 Å². The van der Waals surface area contributed by atoms with Crippen LogP contribution in [0.1, 0.15) is 19.4 Å².